The lowest BCUT2D eigenvalue weighted by atomic mass is 10.1. The fraction of sp³-hybridized carbons (Fsp3) is 0.375. The van der Waals surface area contributed by atoms with Crippen molar-refractivity contribution in [3.8, 4) is 17.2 Å². The second-order valence-electron chi connectivity index (χ2n) is 5.34. The van der Waals surface area contributed by atoms with Gasteiger partial charge in [0.2, 0.25) is 6.79 Å². The van der Waals surface area contributed by atoms with Gasteiger partial charge >= 0.3 is 0 Å². The fourth-order valence-electron chi connectivity index (χ4n) is 2.32. The Bertz CT molecular complexity index is 623. The molecule has 1 aliphatic carbocycles. The number of nitrogens with one attached hydrogen (secondary N) is 1. The third-order valence-corrected chi connectivity index (χ3v) is 4.51. The van der Waals surface area contributed by atoms with Crippen molar-refractivity contribution < 1.29 is 14.2 Å². The lowest BCUT2D eigenvalue weighted by Crippen LogP contribution is -2.16. The van der Waals surface area contributed by atoms with Crippen LogP contribution in [0.2, 0.25) is 0 Å². The second-order valence-corrected chi connectivity index (χ2v) is 6.37. The van der Waals surface area contributed by atoms with Crippen LogP contribution in [0.4, 0.5) is 0 Å². The van der Waals surface area contributed by atoms with Crippen molar-refractivity contribution in [1.82, 2.24) is 5.32 Å². The Balaban J connectivity index is 1.53. The van der Waals surface area contributed by atoms with Crippen molar-refractivity contribution in [1.29, 1.82) is 0 Å². The summed E-state index contributed by atoms with van der Waals surface area (Å²) in [5.74, 6) is 2.46. The maximum absolute atomic E-state index is 5.99. The molecule has 0 radical (unpaired) electrons. The Morgan fingerprint density at radius 3 is 2.86 bits per heavy atom. The van der Waals surface area contributed by atoms with E-state index in [-0.39, 0.29) is 0 Å². The van der Waals surface area contributed by atoms with E-state index < -0.39 is 0 Å². The first-order valence-corrected chi connectivity index (χ1v) is 8.07. The third-order valence-electron chi connectivity index (χ3n) is 3.66. The van der Waals surface area contributed by atoms with Crippen LogP contribution in [0.25, 0.3) is 0 Å². The van der Waals surface area contributed by atoms with Gasteiger partial charge in [-0.05, 0) is 30.4 Å². The summed E-state index contributed by atoms with van der Waals surface area (Å²) in [5, 5.41) is 5.59. The molecule has 0 amide bonds. The zero-order chi connectivity index (χ0) is 14.1. The summed E-state index contributed by atoms with van der Waals surface area (Å²) >= 11 is 1.71. The van der Waals surface area contributed by atoms with E-state index in [1.165, 1.54) is 17.7 Å². The highest BCUT2D eigenvalue weighted by Gasteiger charge is 2.23. The summed E-state index contributed by atoms with van der Waals surface area (Å²) in [4.78, 5) is 1.22. The van der Waals surface area contributed by atoms with Crippen LogP contribution in [0.15, 0.2) is 29.6 Å². The average Bonchev–Trinajstić information content (AvgIpc) is 3.00. The number of ether oxygens (including phenoxy) is 3. The molecule has 0 bridgehead atoms. The number of rotatable bonds is 6. The number of benzene rings is 1. The lowest BCUT2D eigenvalue weighted by molar-refractivity contribution is 0.173. The summed E-state index contributed by atoms with van der Waals surface area (Å²) in [6, 6.07) is 8.76. The molecule has 0 atom stereocenters. The van der Waals surface area contributed by atoms with E-state index in [9.17, 15) is 0 Å². The molecule has 2 aromatic rings. The first-order chi connectivity index (χ1) is 10.4. The summed E-state index contributed by atoms with van der Waals surface area (Å²) < 4.78 is 16.9. The van der Waals surface area contributed by atoms with E-state index in [1.54, 1.807) is 11.3 Å². The average molecular weight is 303 g/mol. The molecule has 21 heavy (non-hydrogen) atoms. The van der Waals surface area contributed by atoms with Gasteiger partial charge in [-0.2, -0.15) is 0 Å². The lowest BCUT2D eigenvalue weighted by Gasteiger charge is -2.13. The van der Waals surface area contributed by atoms with Gasteiger partial charge in [-0.1, -0.05) is 6.07 Å². The van der Waals surface area contributed by atoms with Gasteiger partial charge < -0.3 is 19.5 Å². The molecule has 1 aromatic carbocycles. The van der Waals surface area contributed by atoms with Crippen molar-refractivity contribution >= 4 is 11.3 Å². The first kappa shape index (κ1) is 13.0. The molecule has 0 unspecified atom stereocenters. The molecule has 1 saturated carbocycles. The maximum Gasteiger partial charge on any atom is 0.231 e. The molecule has 5 heteroatoms. The van der Waals surface area contributed by atoms with Gasteiger partial charge in [-0.3, -0.25) is 0 Å². The molecule has 1 N–H and O–H groups in total. The zero-order valence-electron chi connectivity index (χ0n) is 11.6. The molecule has 1 aliphatic heterocycles. The fourth-order valence-corrected chi connectivity index (χ4v) is 2.94. The first-order valence-electron chi connectivity index (χ1n) is 7.19. The molecule has 1 aromatic heterocycles. The van der Waals surface area contributed by atoms with Crippen LogP contribution in [-0.2, 0) is 13.2 Å². The van der Waals surface area contributed by atoms with E-state index in [0.29, 0.717) is 19.4 Å². The monoisotopic (exact) mass is 303 g/mol. The van der Waals surface area contributed by atoms with Crippen molar-refractivity contribution in [2.45, 2.75) is 32.0 Å². The quantitative estimate of drug-likeness (QED) is 0.889. The Hall–Kier alpha value is -1.72. The molecule has 4 rings (SSSR count). The van der Waals surface area contributed by atoms with Crippen molar-refractivity contribution in [3.63, 3.8) is 0 Å². The third kappa shape index (κ3) is 2.99. The molecule has 0 saturated heterocycles. The van der Waals surface area contributed by atoms with E-state index in [2.05, 4.69) is 16.8 Å². The minimum absolute atomic E-state index is 0.291. The maximum atomic E-state index is 5.99. The van der Waals surface area contributed by atoms with E-state index >= 15 is 0 Å². The summed E-state index contributed by atoms with van der Waals surface area (Å²) in [5.41, 5.74) is 1.13. The van der Waals surface area contributed by atoms with Crippen molar-refractivity contribution in [2.75, 3.05) is 6.79 Å². The topological polar surface area (TPSA) is 39.7 Å². The number of hydrogen-bond acceptors (Lipinski definition) is 5. The molecule has 2 heterocycles. The van der Waals surface area contributed by atoms with Crippen molar-refractivity contribution in [3.05, 3.63) is 40.1 Å². The Morgan fingerprint density at radius 1 is 1.24 bits per heavy atom. The van der Waals surface area contributed by atoms with E-state index in [1.807, 2.05) is 18.2 Å². The van der Waals surface area contributed by atoms with Crippen molar-refractivity contribution in [2.24, 2.45) is 0 Å². The normalized spacial score (nSPS) is 16.2. The van der Waals surface area contributed by atoms with Gasteiger partial charge in [0.25, 0.3) is 0 Å². The highest BCUT2D eigenvalue weighted by atomic mass is 32.1. The van der Waals surface area contributed by atoms with Crippen LogP contribution in [0.3, 0.4) is 0 Å². The zero-order valence-corrected chi connectivity index (χ0v) is 12.4. The summed E-state index contributed by atoms with van der Waals surface area (Å²) in [6.45, 7) is 1.69. The Morgan fingerprint density at radius 2 is 2.10 bits per heavy atom. The highest BCUT2D eigenvalue weighted by molar-refractivity contribution is 7.09. The standard InChI is InChI=1S/C16H17NO3S/c1-2-13(21-5-1)9-18-14-7-16-15(19-10-20-16)6-11(14)8-17-12-3-4-12/h1-2,5-7,12,17H,3-4,8-10H2. The minimum Gasteiger partial charge on any atom is -0.488 e. The Kier molecular flexibility index (Phi) is 3.45. The van der Waals surface area contributed by atoms with Crippen LogP contribution in [0.5, 0.6) is 17.2 Å². The van der Waals surface area contributed by atoms with Gasteiger partial charge in [0.05, 0.1) is 0 Å². The van der Waals surface area contributed by atoms with E-state index in [0.717, 1.165) is 29.4 Å². The predicted molar refractivity (Wildman–Crippen MR) is 81.1 cm³/mol. The van der Waals surface area contributed by atoms with Gasteiger partial charge in [0.1, 0.15) is 12.4 Å². The Labute approximate surface area is 127 Å². The van der Waals surface area contributed by atoms with Gasteiger partial charge in [-0.25, -0.2) is 0 Å². The molecule has 0 spiro atoms. The summed E-state index contributed by atoms with van der Waals surface area (Å²) in [6.07, 6.45) is 2.55. The number of thiophene rings is 1. The molecule has 4 nitrogen and oxygen atoms in total. The smallest absolute Gasteiger partial charge is 0.231 e. The van der Waals surface area contributed by atoms with Crippen LogP contribution in [-0.4, -0.2) is 12.8 Å². The SMILES string of the molecule is c1csc(COc2cc3c(cc2CNC2CC2)OCO3)c1. The largest absolute Gasteiger partial charge is 0.488 e. The highest BCUT2D eigenvalue weighted by Crippen LogP contribution is 2.38. The van der Waals surface area contributed by atoms with Gasteiger partial charge in [0, 0.05) is 29.1 Å². The summed E-state index contributed by atoms with van der Waals surface area (Å²) in [7, 11) is 0. The van der Waals surface area contributed by atoms with Crippen LogP contribution in [0.1, 0.15) is 23.3 Å². The van der Waals surface area contributed by atoms with Gasteiger partial charge in [-0.15, -0.1) is 11.3 Å². The molecule has 1 fully saturated rings. The molecule has 110 valence electrons. The molecular formula is C16H17NO3S. The minimum atomic E-state index is 0.291. The molecule has 2 aliphatic rings. The van der Waals surface area contributed by atoms with Crippen LogP contribution >= 0.6 is 11.3 Å². The predicted octanol–water partition coefficient (Wildman–Crippen LogP) is 3.31. The van der Waals surface area contributed by atoms with Gasteiger partial charge in [0.15, 0.2) is 11.5 Å². The number of fused-ring (bicyclic) bond motifs is 1. The van der Waals surface area contributed by atoms with E-state index in [4.69, 9.17) is 14.2 Å². The second kappa shape index (κ2) is 5.58. The molecular weight excluding hydrogens is 286 g/mol. The van der Waals surface area contributed by atoms with Crippen LogP contribution in [0, 0.1) is 0 Å². The number of hydrogen-bond donors (Lipinski definition) is 1. The van der Waals surface area contributed by atoms with Crippen LogP contribution < -0.4 is 19.5 Å².